The Balaban J connectivity index is 2.13. The molecule has 18 heavy (non-hydrogen) atoms. The van der Waals surface area contributed by atoms with E-state index >= 15 is 0 Å². The van der Waals surface area contributed by atoms with Crippen molar-refractivity contribution in [1.29, 1.82) is 0 Å². The molecule has 1 N–H and O–H groups in total. The standard InChI is InChI=1S/C12H22N2O4/c1-3-14(10(2)15)6-4-5-13-12(16)11-9-17-7-8-18-11/h11H,3-9H2,1-2H3,(H,13,16). The van der Waals surface area contributed by atoms with Gasteiger partial charge in [-0.15, -0.1) is 0 Å². The predicted molar refractivity (Wildman–Crippen MR) is 66.1 cm³/mol. The van der Waals surface area contributed by atoms with Gasteiger partial charge in [-0.3, -0.25) is 9.59 Å². The Bertz CT molecular complexity index is 277. The number of hydrogen-bond acceptors (Lipinski definition) is 4. The van der Waals surface area contributed by atoms with Crippen molar-refractivity contribution in [3.63, 3.8) is 0 Å². The zero-order valence-corrected chi connectivity index (χ0v) is 11.1. The average Bonchev–Trinajstić information content (AvgIpc) is 2.39. The maximum atomic E-state index is 11.6. The molecule has 0 bridgehead atoms. The number of hydrogen-bond donors (Lipinski definition) is 1. The van der Waals surface area contributed by atoms with Crippen LogP contribution in [0.5, 0.6) is 0 Å². The lowest BCUT2D eigenvalue weighted by atomic mass is 10.3. The third-order valence-electron chi connectivity index (χ3n) is 2.84. The van der Waals surface area contributed by atoms with Gasteiger partial charge in [0, 0.05) is 26.6 Å². The molecule has 0 saturated carbocycles. The second-order valence-electron chi connectivity index (χ2n) is 4.18. The van der Waals surface area contributed by atoms with Gasteiger partial charge in [-0.1, -0.05) is 0 Å². The summed E-state index contributed by atoms with van der Waals surface area (Å²) in [5.41, 5.74) is 0. The minimum absolute atomic E-state index is 0.0628. The molecule has 1 heterocycles. The van der Waals surface area contributed by atoms with Crippen LogP contribution in [0.2, 0.25) is 0 Å². The molecular formula is C12H22N2O4. The Morgan fingerprint density at radius 3 is 2.72 bits per heavy atom. The molecule has 0 aromatic carbocycles. The molecule has 0 aromatic rings. The van der Waals surface area contributed by atoms with Crippen LogP contribution in [-0.4, -0.2) is 62.3 Å². The summed E-state index contributed by atoms with van der Waals surface area (Å²) in [7, 11) is 0. The number of amides is 2. The van der Waals surface area contributed by atoms with Gasteiger partial charge in [-0.2, -0.15) is 0 Å². The quantitative estimate of drug-likeness (QED) is 0.669. The van der Waals surface area contributed by atoms with Crippen molar-refractivity contribution in [1.82, 2.24) is 10.2 Å². The second kappa shape index (κ2) is 8.05. The third-order valence-corrected chi connectivity index (χ3v) is 2.84. The highest BCUT2D eigenvalue weighted by atomic mass is 16.6. The Kier molecular flexibility index (Phi) is 6.67. The average molecular weight is 258 g/mol. The van der Waals surface area contributed by atoms with Gasteiger partial charge in [-0.25, -0.2) is 0 Å². The number of nitrogens with zero attached hydrogens (tertiary/aromatic N) is 1. The lowest BCUT2D eigenvalue weighted by molar-refractivity contribution is -0.147. The highest BCUT2D eigenvalue weighted by molar-refractivity contribution is 5.80. The van der Waals surface area contributed by atoms with Crippen molar-refractivity contribution in [3.05, 3.63) is 0 Å². The summed E-state index contributed by atoms with van der Waals surface area (Å²) in [5.74, 6) is -0.0755. The van der Waals surface area contributed by atoms with Gasteiger partial charge in [-0.05, 0) is 13.3 Å². The second-order valence-corrected chi connectivity index (χ2v) is 4.18. The molecule has 6 nitrogen and oxygen atoms in total. The number of carbonyl (C=O) groups excluding carboxylic acids is 2. The molecule has 1 aliphatic heterocycles. The number of ether oxygens (including phenoxy) is 2. The largest absolute Gasteiger partial charge is 0.376 e. The van der Waals surface area contributed by atoms with Crippen LogP contribution in [0.25, 0.3) is 0 Å². The van der Waals surface area contributed by atoms with Gasteiger partial charge in [0.25, 0.3) is 5.91 Å². The minimum atomic E-state index is -0.492. The summed E-state index contributed by atoms with van der Waals surface area (Å²) >= 11 is 0. The van der Waals surface area contributed by atoms with Gasteiger partial charge in [0.05, 0.1) is 19.8 Å². The van der Waals surface area contributed by atoms with Crippen LogP contribution in [0.15, 0.2) is 0 Å². The van der Waals surface area contributed by atoms with E-state index in [1.165, 1.54) is 0 Å². The van der Waals surface area contributed by atoms with Crippen LogP contribution >= 0.6 is 0 Å². The highest BCUT2D eigenvalue weighted by Gasteiger charge is 2.21. The molecule has 0 aliphatic carbocycles. The first-order valence-electron chi connectivity index (χ1n) is 6.37. The van der Waals surface area contributed by atoms with E-state index in [9.17, 15) is 9.59 Å². The van der Waals surface area contributed by atoms with Crippen molar-refractivity contribution in [2.45, 2.75) is 26.4 Å². The molecule has 1 saturated heterocycles. The van der Waals surface area contributed by atoms with Crippen molar-refractivity contribution < 1.29 is 19.1 Å². The van der Waals surface area contributed by atoms with Crippen LogP contribution < -0.4 is 5.32 Å². The van der Waals surface area contributed by atoms with Crippen LogP contribution in [0.3, 0.4) is 0 Å². The monoisotopic (exact) mass is 258 g/mol. The van der Waals surface area contributed by atoms with Crippen LogP contribution in [-0.2, 0) is 19.1 Å². The molecule has 0 aromatic heterocycles. The first-order chi connectivity index (χ1) is 8.65. The minimum Gasteiger partial charge on any atom is -0.376 e. The summed E-state index contributed by atoms with van der Waals surface area (Å²) in [6.07, 6.45) is 0.251. The first-order valence-corrected chi connectivity index (χ1v) is 6.37. The Morgan fingerprint density at radius 2 is 2.17 bits per heavy atom. The fraction of sp³-hybridized carbons (Fsp3) is 0.833. The maximum absolute atomic E-state index is 11.6. The topological polar surface area (TPSA) is 67.9 Å². The van der Waals surface area contributed by atoms with Crippen LogP contribution in [0.1, 0.15) is 20.3 Å². The molecule has 6 heteroatoms. The van der Waals surface area contributed by atoms with E-state index in [0.717, 1.165) is 6.42 Å². The van der Waals surface area contributed by atoms with Gasteiger partial charge in [0.15, 0.2) is 6.10 Å². The summed E-state index contributed by atoms with van der Waals surface area (Å²) < 4.78 is 10.4. The van der Waals surface area contributed by atoms with Crippen molar-refractivity contribution in [3.8, 4) is 0 Å². The molecule has 0 spiro atoms. The maximum Gasteiger partial charge on any atom is 0.251 e. The molecule has 1 aliphatic rings. The Hall–Kier alpha value is -1.14. The summed E-state index contributed by atoms with van der Waals surface area (Å²) in [6, 6.07) is 0. The van der Waals surface area contributed by atoms with E-state index in [1.807, 2.05) is 6.92 Å². The molecular weight excluding hydrogens is 236 g/mol. The zero-order chi connectivity index (χ0) is 13.4. The SMILES string of the molecule is CCN(CCCNC(=O)C1COCCO1)C(C)=O. The lowest BCUT2D eigenvalue weighted by Crippen LogP contribution is -2.43. The zero-order valence-electron chi connectivity index (χ0n) is 11.1. The third kappa shape index (κ3) is 5.01. The Morgan fingerprint density at radius 1 is 1.39 bits per heavy atom. The Labute approximate surface area is 108 Å². The van der Waals surface area contributed by atoms with E-state index in [-0.39, 0.29) is 11.8 Å². The van der Waals surface area contributed by atoms with Crippen LogP contribution in [0.4, 0.5) is 0 Å². The van der Waals surface area contributed by atoms with E-state index in [2.05, 4.69) is 5.32 Å². The molecule has 1 unspecified atom stereocenters. The summed E-state index contributed by atoms with van der Waals surface area (Å²) in [4.78, 5) is 24.5. The van der Waals surface area contributed by atoms with E-state index in [1.54, 1.807) is 11.8 Å². The van der Waals surface area contributed by atoms with Crippen molar-refractivity contribution in [2.24, 2.45) is 0 Å². The van der Waals surface area contributed by atoms with Gasteiger partial charge in [0.1, 0.15) is 0 Å². The fourth-order valence-corrected chi connectivity index (χ4v) is 1.77. The molecule has 104 valence electrons. The number of rotatable bonds is 6. The smallest absolute Gasteiger partial charge is 0.251 e. The normalized spacial score (nSPS) is 19.3. The lowest BCUT2D eigenvalue weighted by Gasteiger charge is -2.22. The van der Waals surface area contributed by atoms with Crippen molar-refractivity contribution >= 4 is 11.8 Å². The van der Waals surface area contributed by atoms with Gasteiger partial charge < -0.3 is 19.7 Å². The summed E-state index contributed by atoms with van der Waals surface area (Å²) in [6.45, 7) is 6.72. The molecule has 1 fully saturated rings. The fourth-order valence-electron chi connectivity index (χ4n) is 1.77. The van der Waals surface area contributed by atoms with E-state index in [0.29, 0.717) is 39.5 Å². The summed E-state index contributed by atoms with van der Waals surface area (Å²) in [5, 5.41) is 2.79. The highest BCUT2D eigenvalue weighted by Crippen LogP contribution is 2.00. The van der Waals surface area contributed by atoms with Crippen molar-refractivity contribution in [2.75, 3.05) is 39.5 Å². The van der Waals surface area contributed by atoms with Gasteiger partial charge in [0.2, 0.25) is 5.91 Å². The van der Waals surface area contributed by atoms with Gasteiger partial charge >= 0.3 is 0 Å². The number of carbonyl (C=O) groups is 2. The predicted octanol–water partition coefficient (Wildman–Crippen LogP) is -0.223. The molecule has 0 radical (unpaired) electrons. The molecule has 1 rings (SSSR count). The molecule has 1 atom stereocenters. The molecule has 2 amide bonds. The number of nitrogens with one attached hydrogen (secondary N) is 1. The van der Waals surface area contributed by atoms with E-state index < -0.39 is 6.10 Å². The van der Waals surface area contributed by atoms with Crippen LogP contribution in [0, 0.1) is 0 Å². The van der Waals surface area contributed by atoms with E-state index in [4.69, 9.17) is 9.47 Å². The first kappa shape index (κ1) is 14.9.